The van der Waals surface area contributed by atoms with E-state index in [9.17, 15) is 0 Å². The number of rotatable bonds is 3. The Kier molecular flexibility index (Phi) is 3.19. The Hall–Kier alpha value is -2.49. The summed E-state index contributed by atoms with van der Waals surface area (Å²) in [5.74, 6) is 1.08. The number of aryl methyl sites for hydroxylation is 2. The Morgan fingerprint density at radius 2 is 2.22 bits per heavy atom. The van der Waals surface area contributed by atoms with Gasteiger partial charge in [0, 0.05) is 5.69 Å². The van der Waals surface area contributed by atoms with Crippen LogP contribution in [0.3, 0.4) is 0 Å². The van der Waals surface area contributed by atoms with Crippen LogP contribution in [0.2, 0.25) is 0 Å². The van der Waals surface area contributed by atoms with Crippen LogP contribution in [0, 0.1) is 25.2 Å². The molecular weight excluding hydrogens is 230 g/mol. The fourth-order valence-corrected chi connectivity index (χ4v) is 1.70. The molecule has 2 aromatic heterocycles. The third-order valence-corrected chi connectivity index (χ3v) is 2.56. The number of nitrogens with one attached hydrogen (secondary N) is 2. The van der Waals surface area contributed by atoms with Gasteiger partial charge in [-0.1, -0.05) is 5.21 Å². The molecule has 0 amide bonds. The molecule has 0 radical (unpaired) electrons. The Morgan fingerprint density at radius 3 is 2.83 bits per heavy atom. The lowest BCUT2D eigenvalue weighted by Crippen LogP contribution is -2.12. The lowest BCUT2D eigenvalue weighted by molar-refractivity contribution is 0.786. The van der Waals surface area contributed by atoms with Crippen molar-refractivity contribution >= 4 is 5.82 Å². The van der Waals surface area contributed by atoms with Crippen molar-refractivity contribution in [3.63, 3.8) is 0 Å². The van der Waals surface area contributed by atoms with Gasteiger partial charge in [-0.3, -0.25) is 0 Å². The van der Waals surface area contributed by atoms with E-state index in [1.165, 1.54) is 0 Å². The molecule has 2 heterocycles. The van der Waals surface area contributed by atoms with Gasteiger partial charge in [-0.05, 0) is 32.4 Å². The van der Waals surface area contributed by atoms with Crippen molar-refractivity contribution in [2.45, 2.75) is 26.8 Å². The SMILES string of the molecule is Cc1cc(C)c(C#N)c(NC(C)c2nn[nH]n2)n1. The first-order chi connectivity index (χ1) is 8.61. The van der Waals surface area contributed by atoms with E-state index in [0.29, 0.717) is 17.2 Å². The second kappa shape index (κ2) is 4.79. The number of hydrogen-bond donors (Lipinski definition) is 2. The highest BCUT2D eigenvalue weighted by Gasteiger charge is 2.14. The predicted molar refractivity (Wildman–Crippen MR) is 64.6 cm³/mol. The van der Waals surface area contributed by atoms with Crippen molar-refractivity contribution in [2.24, 2.45) is 0 Å². The first kappa shape index (κ1) is 12.0. The van der Waals surface area contributed by atoms with E-state index < -0.39 is 0 Å². The van der Waals surface area contributed by atoms with Crippen LogP contribution in [0.5, 0.6) is 0 Å². The lowest BCUT2D eigenvalue weighted by atomic mass is 10.1. The molecule has 0 fully saturated rings. The van der Waals surface area contributed by atoms with Crippen LogP contribution in [0.1, 0.15) is 35.6 Å². The summed E-state index contributed by atoms with van der Waals surface area (Å²) in [6, 6.07) is 3.85. The molecule has 0 saturated carbocycles. The smallest absolute Gasteiger partial charge is 0.196 e. The molecular formula is C11H13N7. The molecule has 0 aliphatic carbocycles. The Bertz CT molecular complexity index is 582. The van der Waals surface area contributed by atoms with Crippen molar-refractivity contribution in [1.82, 2.24) is 25.6 Å². The number of nitrogens with zero attached hydrogens (tertiary/aromatic N) is 5. The second-order valence-corrected chi connectivity index (χ2v) is 4.05. The fourth-order valence-electron chi connectivity index (χ4n) is 1.70. The lowest BCUT2D eigenvalue weighted by Gasteiger charge is -2.13. The number of hydrogen-bond acceptors (Lipinski definition) is 6. The van der Waals surface area contributed by atoms with Gasteiger partial charge in [0.15, 0.2) is 5.82 Å². The van der Waals surface area contributed by atoms with Crippen LogP contribution in [-0.2, 0) is 0 Å². The van der Waals surface area contributed by atoms with E-state index in [-0.39, 0.29) is 6.04 Å². The fraction of sp³-hybridized carbons (Fsp3) is 0.364. The standard InChI is InChI=1S/C11H13N7/c1-6-4-7(2)13-11(9(6)5-12)14-8(3)10-15-17-18-16-10/h4,8H,1-3H3,(H,13,14)(H,15,16,17,18). The number of H-pyrrole nitrogens is 1. The van der Waals surface area contributed by atoms with Gasteiger partial charge >= 0.3 is 0 Å². The highest BCUT2D eigenvalue weighted by molar-refractivity contribution is 5.56. The maximum atomic E-state index is 9.15. The van der Waals surface area contributed by atoms with Crippen molar-refractivity contribution in [3.8, 4) is 6.07 Å². The molecule has 0 bridgehead atoms. The number of aromatic nitrogens is 5. The Morgan fingerprint density at radius 1 is 1.44 bits per heavy atom. The van der Waals surface area contributed by atoms with Crippen LogP contribution in [0.4, 0.5) is 5.82 Å². The van der Waals surface area contributed by atoms with Crippen LogP contribution in [-0.4, -0.2) is 25.6 Å². The molecule has 92 valence electrons. The highest BCUT2D eigenvalue weighted by atomic mass is 15.5. The molecule has 7 heteroatoms. The van der Waals surface area contributed by atoms with Crippen LogP contribution < -0.4 is 5.32 Å². The predicted octanol–water partition coefficient (Wildman–Crippen LogP) is 1.26. The number of nitriles is 1. The zero-order valence-corrected chi connectivity index (χ0v) is 10.4. The maximum Gasteiger partial charge on any atom is 0.196 e. The number of pyridine rings is 1. The molecule has 18 heavy (non-hydrogen) atoms. The van der Waals surface area contributed by atoms with Crippen molar-refractivity contribution in [1.29, 1.82) is 5.26 Å². The Labute approximate surface area is 104 Å². The molecule has 0 saturated heterocycles. The van der Waals surface area contributed by atoms with Gasteiger partial charge in [0.25, 0.3) is 0 Å². The summed E-state index contributed by atoms with van der Waals surface area (Å²) >= 11 is 0. The normalized spacial score (nSPS) is 11.9. The summed E-state index contributed by atoms with van der Waals surface area (Å²) in [6.07, 6.45) is 0. The van der Waals surface area contributed by atoms with Crippen LogP contribution in [0.15, 0.2) is 6.07 Å². The maximum absolute atomic E-state index is 9.15. The Balaban J connectivity index is 2.32. The van der Waals surface area contributed by atoms with Gasteiger partial charge in [0.1, 0.15) is 11.9 Å². The van der Waals surface area contributed by atoms with Gasteiger partial charge in [-0.25, -0.2) is 4.98 Å². The van der Waals surface area contributed by atoms with E-state index >= 15 is 0 Å². The summed E-state index contributed by atoms with van der Waals surface area (Å²) in [5.41, 5.74) is 2.29. The first-order valence-corrected chi connectivity index (χ1v) is 5.50. The van der Waals surface area contributed by atoms with E-state index in [4.69, 9.17) is 5.26 Å². The van der Waals surface area contributed by atoms with Gasteiger partial charge in [0.05, 0.1) is 11.6 Å². The van der Waals surface area contributed by atoms with Crippen LogP contribution >= 0.6 is 0 Å². The van der Waals surface area contributed by atoms with Crippen molar-refractivity contribution < 1.29 is 0 Å². The molecule has 0 aliphatic rings. The second-order valence-electron chi connectivity index (χ2n) is 4.05. The molecule has 2 N–H and O–H groups in total. The van der Waals surface area contributed by atoms with Gasteiger partial charge in [0.2, 0.25) is 0 Å². The molecule has 0 spiro atoms. The molecule has 0 aromatic carbocycles. The number of anilines is 1. The van der Waals surface area contributed by atoms with Gasteiger partial charge in [-0.15, -0.1) is 10.2 Å². The van der Waals surface area contributed by atoms with E-state index in [1.54, 1.807) is 0 Å². The molecule has 0 aliphatic heterocycles. The third kappa shape index (κ3) is 2.27. The molecule has 7 nitrogen and oxygen atoms in total. The van der Waals surface area contributed by atoms with Crippen molar-refractivity contribution in [2.75, 3.05) is 5.32 Å². The minimum atomic E-state index is -0.176. The van der Waals surface area contributed by atoms with E-state index in [1.807, 2.05) is 26.8 Å². The summed E-state index contributed by atoms with van der Waals surface area (Å²) < 4.78 is 0. The van der Waals surface area contributed by atoms with Gasteiger partial charge in [-0.2, -0.15) is 10.5 Å². The summed E-state index contributed by atoms with van der Waals surface area (Å²) in [4.78, 5) is 4.33. The van der Waals surface area contributed by atoms with Crippen LogP contribution in [0.25, 0.3) is 0 Å². The molecule has 2 aromatic rings. The molecule has 2 rings (SSSR count). The minimum Gasteiger partial charge on any atom is -0.359 e. The number of aromatic amines is 1. The molecule has 1 unspecified atom stereocenters. The first-order valence-electron chi connectivity index (χ1n) is 5.50. The number of tetrazole rings is 1. The summed E-state index contributed by atoms with van der Waals surface area (Å²) in [7, 11) is 0. The van der Waals surface area contributed by atoms with E-state index in [2.05, 4.69) is 37.0 Å². The quantitative estimate of drug-likeness (QED) is 0.841. The zero-order chi connectivity index (χ0) is 13.1. The highest BCUT2D eigenvalue weighted by Crippen LogP contribution is 2.21. The average molecular weight is 243 g/mol. The third-order valence-electron chi connectivity index (χ3n) is 2.56. The van der Waals surface area contributed by atoms with Gasteiger partial charge < -0.3 is 5.32 Å². The minimum absolute atomic E-state index is 0.176. The average Bonchev–Trinajstić information content (AvgIpc) is 2.81. The molecule has 1 atom stereocenters. The summed E-state index contributed by atoms with van der Waals surface area (Å²) in [6.45, 7) is 5.65. The van der Waals surface area contributed by atoms with E-state index in [0.717, 1.165) is 11.3 Å². The largest absolute Gasteiger partial charge is 0.359 e. The monoisotopic (exact) mass is 243 g/mol. The zero-order valence-electron chi connectivity index (χ0n) is 10.4. The van der Waals surface area contributed by atoms with Crippen molar-refractivity contribution in [3.05, 3.63) is 28.7 Å². The topological polar surface area (TPSA) is 103 Å². The summed E-state index contributed by atoms with van der Waals surface area (Å²) in [5, 5.41) is 26.0.